The van der Waals surface area contributed by atoms with Crippen molar-refractivity contribution >= 4 is 39.2 Å². The van der Waals surface area contributed by atoms with Gasteiger partial charge in [0.1, 0.15) is 5.75 Å². The van der Waals surface area contributed by atoms with E-state index in [-0.39, 0.29) is 5.75 Å². The molecule has 3 rings (SSSR count). The molecular formula is C16H9F2IN2O3. The largest absolute Gasteiger partial charge is 0.453 e. The first-order chi connectivity index (χ1) is 11.4. The fraction of sp³-hybridized carbons (Fsp3) is 0.0625. The first-order valence-electron chi connectivity index (χ1n) is 6.73. The van der Waals surface area contributed by atoms with Crippen LogP contribution in [-0.2, 0) is 0 Å². The van der Waals surface area contributed by atoms with Crippen molar-refractivity contribution in [2.75, 3.05) is 0 Å². The Labute approximate surface area is 148 Å². The predicted octanol–water partition coefficient (Wildman–Crippen LogP) is 5.13. The van der Waals surface area contributed by atoms with Gasteiger partial charge in [-0.15, -0.1) is 0 Å². The van der Waals surface area contributed by atoms with Crippen LogP contribution in [0.1, 0.15) is 5.56 Å². The van der Waals surface area contributed by atoms with Gasteiger partial charge in [0.05, 0.1) is 16.5 Å². The quantitative estimate of drug-likeness (QED) is 0.321. The average Bonchev–Trinajstić information content (AvgIpc) is 2.52. The molecule has 2 aromatic carbocycles. The molecule has 0 saturated heterocycles. The molecule has 0 aliphatic carbocycles. The number of aromatic nitrogens is 1. The Morgan fingerprint density at radius 2 is 1.92 bits per heavy atom. The number of halogens is 3. The molecule has 0 amide bonds. The maximum Gasteiger partial charge on any atom is 0.307 e. The van der Waals surface area contributed by atoms with Crippen LogP contribution in [-0.4, -0.2) is 9.91 Å². The monoisotopic (exact) mass is 442 g/mol. The van der Waals surface area contributed by atoms with E-state index in [1.807, 2.05) is 19.1 Å². The number of rotatable bonds is 3. The summed E-state index contributed by atoms with van der Waals surface area (Å²) in [6, 6.07) is 6.37. The minimum absolute atomic E-state index is 0.284. The lowest BCUT2D eigenvalue weighted by Gasteiger charge is -2.11. The van der Waals surface area contributed by atoms with E-state index in [0.717, 1.165) is 9.13 Å². The van der Waals surface area contributed by atoms with E-state index in [4.69, 9.17) is 4.74 Å². The van der Waals surface area contributed by atoms with Crippen LogP contribution in [0, 0.1) is 32.2 Å². The van der Waals surface area contributed by atoms with Gasteiger partial charge in [0.15, 0.2) is 11.6 Å². The van der Waals surface area contributed by atoms with Crippen LogP contribution in [0.3, 0.4) is 0 Å². The van der Waals surface area contributed by atoms with Crippen LogP contribution < -0.4 is 4.74 Å². The summed E-state index contributed by atoms with van der Waals surface area (Å²) in [6.45, 7) is 1.91. The second kappa shape index (κ2) is 6.27. The Bertz CT molecular complexity index is 979. The molecule has 0 aliphatic heterocycles. The molecule has 0 bridgehead atoms. The Kier molecular flexibility index (Phi) is 4.31. The highest BCUT2D eigenvalue weighted by Gasteiger charge is 2.20. The molecule has 122 valence electrons. The molecule has 0 saturated carbocycles. The molecule has 0 unspecified atom stereocenters. The molecule has 1 heterocycles. The molecule has 0 radical (unpaired) electrons. The zero-order chi connectivity index (χ0) is 17.4. The van der Waals surface area contributed by atoms with Crippen LogP contribution in [0.25, 0.3) is 10.9 Å². The van der Waals surface area contributed by atoms with Gasteiger partial charge >= 0.3 is 5.69 Å². The molecule has 0 atom stereocenters. The van der Waals surface area contributed by atoms with Gasteiger partial charge in [0.25, 0.3) is 0 Å². The van der Waals surface area contributed by atoms with Crippen LogP contribution >= 0.6 is 22.6 Å². The lowest BCUT2D eigenvalue weighted by Crippen LogP contribution is -1.97. The van der Waals surface area contributed by atoms with Gasteiger partial charge in [0.2, 0.25) is 5.82 Å². The van der Waals surface area contributed by atoms with Gasteiger partial charge in [-0.25, -0.2) is 4.39 Å². The third-order valence-electron chi connectivity index (χ3n) is 3.40. The van der Waals surface area contributed by atoms with Crippen molar-refractivity contribution in [1.82, 2.24) is 4.98 Å². The summed E-state index contributed by atoms with van der Waals surface area (Å²) in [5.74, 6) is -2.33. The molecule has 0 spiro atoms. The highest BCUT2D eigenvalue weighted by molar-refractivity contribution is 14.1. The van der Waals surface area contributed by atoms with E-state index in [1.165, 1.54) is 12.3 Å². The summed E-state index contributed by atoms with van der Waals surface area (Å²) < 4.78 is 34.2. The normalized spacial score (nSPS) is 10.8. The number of hydrogen-bond donors (Lipinski definition) is 0. The third kappa shape index (κ3) is 3.01. The summed E-state index contributed by atoms with van der Waals surface area (Å²) in [7, 11) is 0. The number of aryl methyl sites for hydroxylation is 1. The standard InChI is InChI=1S/C16H9F2IN2O3/c1-8-4-9-13(7-12(8)19)20-3-2-15(9)24-16-6-10(17)14(21(22)23)5-11(16)18/h2-7H,1H3. The minimum Gasteiger partial charge on any atom is -0.453 e. The van der Waals surface area contributed by atoms with Gasteiger partial charge in [-0.1, -0.05) is 0 Å². The second-order valence-electron chi connectivity index (χ2n) is 5.02. The smallest absolute Gasteiger partial charge is 0.307 e. The molecule has 1 aromatic heterocycles. The number of pyridine rings is 1. The molecule has 24 heavy (non-hydrogen) atoms. The van der Waals surface area contributed by atoms with Crippen molar-refractivity contribution in [2.24, 2.45) is 0 Å². The SMILES string of the molecule is Cc1cc2c(Oc3cc(F)c([N+](=O)[O-])cc3F)ccnc2cc1I. The fourth-order valence-corrected chi connectivity index (χ4v) is 2.64. The van der Waals surface area contributed by atoms with E-state index in [1.54, 1.807) is 0 Å². The number of nitro benzene ring substituents is 1. The second-order valence-corrected chi connectivity index (χ2v) is 6.18. The van der Waals surface area contributed by atoms with Gasteiger partial charge in [-0.3, -0.25) is 15.1 Å². The summed E-state index contributed by atoms with van der Waals surface area (Å²) in [5.41, 5.74) is 0.687. The average molecular weight is 442 g/mol. The maximum atomic E-state index is 14.0. The number of hydrogen-bond acceptors (Lipinski definition) is 4. The highest BCUT2D eigenvalue weighted by atomic mass is 127. The van der Waals surface area contributed by atoms with Crippen molar-refractivity contribution in [3.8, 4) is 11.5 Å². The zero-order valence-electron chi connectivity index (χ0n) is 12.2. The van der Waals surface area contributed by atoms with Crippen molar-refractivity contribution < 1.29 is 18.4 Å². The Hall–Kier alpha value is -2.36. The molecule has 0 fully saturated rings. The number of ether oxygens (including phenoxy) is 1. The van der Waals surface area contributed by atoms with E-state index in [0.29, 0.717) is 23.0 Å². The topological polar surface area (TPSA) is 65.3 Å². The van der Waals surface area contributed by atoms with Crippen LogP contribution in [0.4, 0.5) is 14.5 Å². The summed E-state index contributed by atoms with van der Waals surface area (Å²) >= 11 is 2.17. The first-order valence-corrected chi connectivity index (χ1v) is 7.81. The summed E-state index contributed by atoms with van der Waals surface area (Å²) in [6.07, 6.45) is 1.49. The van der Waals surface area contributed by atoms with Crippen molar-refractivity contribution in [1.29, 1.82) is 0 Å². The van der Waals surface area contributed by atoms with E-state index in [9.17, 15) is 18.9 Å². The number of nitrogens with zero attached hydrogens (tertiary/aromatic N) is 2. The number of nitro groups is 1. The highest BCUT2D eigenvalue weighted by Crippen LogP contribution is 2.34. The molecule has 5 nitrogen and oxygen atoms in total. The van der Waals surface area contributed by atoms with Gasteiger partial charge in [-0.05, 0) is 53.3 Å². The Morgan fingerprint density at radius 1 is 1.17 bits per heavy atom. The summed E-state index contributed by atoms with van der Waals surface area (Å²) in [5, 5.41) is 11.3. The third-order valence-corrected chi connectivity index (χ3v) is 4.56. The first kappa shape index (κ1) is 16.5. The molecule has 3 aromatic rings. The van der Waals surface area contributed by atoms with Gasteiger partial charge in [-0.2, -0.15) is 4.39 Å². The number of benzene rings is 2. The van der Waals surface area contributed by atoms with Crippen LogP contribution in [0.2, 0.25) is 0 Å². The van der Waals surface area contributed by atoms with Gasteiger partial charge in [0, 0.05) is 21.2 Å². The molecule has 0 aliphatic rings. The lowest BCUT2D eigenvalue weighted by molar-refractivity contribution is -0.387. The van der Waals surface area contributed by atoms with Crippen molar-refractivity contribution in [3.63, 3.8) is 0 Å². The Balaban J connectivity index is 2.09. The van der Waals surface area contributed by atoms with E-state index >= 15 is 0 Å². The fourth-order valence-electron chi connectivity index (χ4n) is 2.19. The van der Waals surface area contributed by atoms with E-state index < -0.39 is 28.0 Å². The maximum absolute atomic E-state index is 14.0. The Morgan fingerprint density at radius 3 is 2.62 bits per heavy atom. The zero-order valence-corrected chi connectivity index (χ0v) is 14.4. The van der Waals surface area contributed by atoms with E-state index in [2.05, 4.69) is 27.6 Å². The van der Waals surface area contributed by atoms with Crippen molar-refractivity contribution in [2.45, 2.75) is 6.92 Å². The predicted molar refractivity (Wildman–Crippen MR) is 92.3 cm³/mol. The van der Waals surface area contributed by atoms with Crippen LogP contribution in [0.15, 0.2) is 36.5 Å². The lowest BCUT2D eigenvalue weighted by atomic mass is 10.1. The minimum atomic E-state index is -1.17. The molecule has 0 N–H and O–H groups in total. The number of fused-ring (bicyclic) bond motifs is 1. The van der Waals surface area contributed by atoms with Gasteiger partial charge < -0.3 is 4.74 Å². The molecule has 8 heteroatoms. The van der Waals surface area contributed by atoms with Crippen LogP contribution in [0.5, 0.6) is 11.5 Å². The summed E-state index contributed by atoms with van der Waals surface area (Å²) in [4.78, 5) is 13.9. The molecular weight excluding hydrogens is 433 g/mol. The van der Waals surface area contributed by atoms with Crippen molar-refractivity contribution in [3.05, 3.63) is 67.4 Å².